The molecule has 1 atom stereocenters. The standard InChI is InChI=1S/C3H9P2/c1-5-3-2-4/h4-5H,2-3H2,1H3/q-1. The van der Waals surface area contributed by atoms with Crippen molar-refractivity contribution in [3.8, 4) is 0 Å². The summed E-state index contributed by atoms with van der Waals surface area (Å²) in [7, 11) is 4.47. The van der Waals surface area contributed by atoms with Gasteiger partial charge in [-0.3, -0.25) is 0 Å². The molecule has 0 fully saturated rings. The Labute approximate surface area is 37.7 Å². The molecule has 5 heavy (non-hydrogen) atoms. The minimum atomic E-state index is 1.11. The Morgan fingerprint density at radius 1 is 1.80 bits per heavy atom. The van der Waals surface area contributed by atoms with Crippen LogP contribution in [0.1, 0.15) is 0 Å². The van der Waals surface area contributed by atoms with Crippen LogP contribution in [0.25, 0.3) is 0 Å². The summed E-state index contributed by atoms with van der Waals surface area (Å²) in [5.74, 6) is 0. The van der Waals surface area contributed by atoms with Crippen molar-refractivity contribution < 1.29 is 0 Å². The first kappa shape index (κ1) is 5.86. The van der Waals surface area contributed by atoms with Crippen LogP contribution >= 0.6 is 17.8 Å². The van der Waals surface area contributed by atoms with Crippen LogP contribution in [0.5, 0.6) is 0 Å². The van der Waals surface area contributed by atoms with Gasteiger partial charge in [0.1, 0.15) is 0 Å². The Morgan fingerprint density at radius 3 is 2.40 bits per heavy atom. The minimum Gasteiger partial charge on any atom is -0.558 e. The van der Waals surface area contributed by atoms with Gasteiger partial charge in [-0.05, 0) is 6.66 Å². The molecule has 0 N–H and O–H groups in total. The first-order chi connectivity index (χ1) is 2.41. The Morgan fingerprint density at radius 2 is 2.40 bits per heavy atom. The van der Waals surface area contributed by atoms with Gasteiger partial charge in [0.15, 0.2) is 0 Å². The van der Waals surface area contributed by atoms with E-state index in [1.807, 2.05) is 0 Å². The molecular weight excluding hydrogens is 98.0 g/mol. The fourth-order valence-electron chi connectivity index (χ4n) is 0.125. The van der Waals surface area contributed by atoms with Crippen LogP contribution in [0.15, 0.2) is 0 Å². The van der Waals surface area contributed by atoms with E-state index in [0.29, 0.717) is 0 Å². The van der Waals surface area contributed by atoms with Gasteiger partial charge in [0, 0.05) is 0 Å². The lowest BCUT2D eigenvalue weighted by Crippen LogP contribution is -1.67. The summed E-state index contributed by atoms with van der Waals surface area (Å²) in [6, 6.07) is 0. The monoisotopic (exact) mass is 107 g/mol. The van der Waals surface area contributed by atoms with Crippen LogP contribution in [-0.2, 0) is 0 Å². The van der Waals surface area contributed by atoms with Crippen LogP contribution < -0.4 is 0 Å². The van der Waals surface area contributed by atoms with Crippen molar-refractivity contribution in [2.75, 3.05) is 19.0 Å². The highest BCUT2D eigenvalue weighted by Gasteiger charge is 1.60. The predicted molar refractivity (Wildman–Crippen MR) is 32.3 cm³/mol. The first-order valence-electron chi connectivity index (χ1n) is 1.71. The van der Waals surface area contributed by atoms with Crippen LogP contribution in [-0.4, -0.2) is 19.0 Å². The Balaban J connectivity index is 2.19. The van der Waals surface area contributed by atoms with E-state index in [1.54, 1.807) is 0 Å². The summed E-state index contributed by atoms with van der Waals surface area (Å²) in [4.78, 5) is 0. The fourth-order valence-corrected chi connectivity index (χ4v) is 1.12. The van der Waals surface area contributed by atoms with Gasteiger partial charge in [-0.15, -0.1) is 8.58 Å². The van der Waals surface area contributed by atoms with Gasteiger partial charge in [0.2, 0.25) is 0 Å². The molecule has 0 bridgehead atoms. The zero-order valence-electron chi connectivity index (χ0n) is 3.41. The average molecular weight is 107 g/mol. The largest absolute Gasteiger partial charge is 0.558 e. The summed E-state index contributed by atoms with van der Waals surface area (Å²) in [6.07, 6.45) is 2.49. The normalized spacial score (nSPS) is 10.8. The van der Waals surface area contributed by atoms with Crippen LogP contribution in [0.3, 0.4) is 0 Å². The lowest BCUT2D eigenvalue weighted by Gasteiger charge is -1.90. The number of rotatable bonds is 2. The molecular formula is C3H9P2-. The lowest BCUT2D eigenvalue weighted by atomic mass is 11.0. The highest BCUT2D eigenvalue weighted by molar-refractivity contribution is 7.37. The summed E-state index contributed by atoms with van der Waals surface area (Å²) >= 11 is 0. The van der Waals surface area contributed by atoms with Crippen molar-refractivity contribution in [2.45, 2.75) is 0 Å². The molecule has 0 aromatic rings. The second-order valence-corrected chi connectivity index (χ2v) is 2.56. The van der Waals surface area contributed by atoms with Crippen molar-refractivity contribution in [2.24, 2.45) is 0 Å². The highest BCUT2D eigenvalue weighted by atomic mass is 31.1. The maximum Gasteiger partial charge on any atom is -0.0473 e. The number of hydrogen-bond acceptors (Lipinski definition) is 0. The maximum atomic E-state index is 3.36. The van der Waals surface area contributed by atoms with E-state index in [-0.39, 0.29) is 0 Å². The molecule has 0 saturated heterocycles. The molecule has 0 aliphatic heterocycles. The van der Waals surface area contributed by atoms with Gasteiger partial charge in [-0.25, -0.2) is 0 Å². The van der Waals surface area contributed by atoms with E-state index in [4.69, 9.17) is 0 Å². The van der Waals surface area contributed by atoms with E-state index < -0.39 is 0 Å². The third-order valence-electron chi connectivity index (χ3n) is 0.375. The molecule has 0 nitrogen and oxygen atoms in total. The summed E-state index contributed by atoms with van der Waals surface area (Å²) in [5, 5.41) is 0. The summed E-state index contributed by atoms with van der Waals surface area (Å²) < 4.78 is 0. The van der Waals surface area contributed by atoms with Gasteiger partial charge in [-0.1, -0.05) is 6.16 Å². The second-order valence-electron chi connectivity index (χ2n) is 0.854. The third-order valence-corrected chi connectivity index (χ3v) is 1.87. The molecule has 0 aromatic carbocycles. The summed E-state index contributed by atoms with van der Waals surface area (Å²) in [6.45, 7) is 2.21. The van der Waals surface area contributed by atoms with Crippen molar-refractivity contribution in [3.63, 3.8) is 0 Å². The molecule has 0 aliphatic carbocycles. The quantitative estimate of drug-likeness (QED) is 0.468. The molecule has 1 unspecified atom stereocenters. The van der Waals surface area contributed by atoms with E-state index in [1.165, 1.54) is 6.16 Å². The molecule has 0 rings (SSSR count). The van der Waals surface area contributed by atoms with E-state index in [2.05, 4.69) is 15.9 Å². The van der Waals surface area contributed by atoms with E-state index in [0.717, 1.165) is 14.7 Å². The Kier molecular flexibility index (Phi) is 5.70. The Bertz CT molecular complexity index is 12.4. The molecule has 2 heteroatoms. The van der Waals surface area contributed by atoms with E-state index >= 15 is 0 Å². The van der Waals surface area contributed by atoms with E-state index in [9.17, 15) is 0 Å². The van der Waals surface area contributed by atoms with Crippen molar-refractivity contribution in [3.05, 3.63) is 0 Å². The number of hydrogen-bond donors (Lipinski definition) is 0. The molecule has 0 radical (unpaired) electrons. The van der Waals surface area contributed by atoms with Crippen LogP contribution in [0.4, 0.5) is 0 Å². The second kappa shape index (κ2) is 4.86. The SMILES string of the molecule is CPCC[PH-]. The average Bonchev–Trinajstić information content (AvgIpc) is 1.41. The van der Waals surface area contributed by atoms with Gasteiger partial charge >= 0.3 is 0 Å². The zero-order valence-corrected chi connectivity index (χ0v) is 5.41. The Hall–Kier alpha value is 0.860. The summed E-state index contributed by atoms with van der Waals surface area (Å²) in [5.41, 5.74) is 0. The topological polar surface area (TPSA) is 0 Å². The molecule has 0 saturated carbocycles. The molecule has 0 spiro atoms. The zero-order chi connectivity index (χ0) is 4.12. The predicted octanol–water partition coefficient (Wildman–Crippen LogP) is 1.44. The fraction of sp³-hybridized carbons (Fsp3) is 1.00. The minimum absolute atomic E-state index is 1.11. The van der Waals surface area contributed by atoms with Crippen LogP contribution in [0.2, 0.25) is 0 Å². The highest BCUT2D eigenvalue weighted by Crippen LogP contribution is 2.00. The molecule has 32 valence electrons. The van der Waals surface area contributed by atoms with Crippen LogP contribution in [0, 0.1) is 0 Å². The molecule has 0 aliphatic rings. The van der Waals surface area contributed by atoms with Crippen molar-refractivity contribution >= 4 is 17.8 Å². The third kappa shape index (κ3) is 4.86. The first-order valence-corrected chi connectivity index (χ1v) is 4.12. The lowest BCUT2D eigenvalue weighted by molar-refractivity contribution is 1.55. The molecule has 0 amide bonds. The van der Waals surface area contributed by atoms with Gasteiger partial charge < -0.3 is 9.24 Å². The maximum absolute atomic E-state index is 3.36. The van der Waals surface area contributed by atoms with Crippen molar-refractivity contribution in [1.29, 1.82) is 0 Å². The molecule has 0 aromatic heterocycles. The van der Waals surface area contributed by atoms with Gasteiger partial charge in [0.05, 0.1) is 0 Å². The smallest absolute Gasteiger partial charge is 0.0473 e. The van der Waals surface area contributed by atoms with Gasteiger partial charge in [-0.2, -0.15) is 6.16 Å². The molecule has 0 heterocycles. The van der Waals surface area contributed by atoms with Crippen molar-refractivity contribution in [1.82, 2.24) is 0 Å². The van der Waals surface area contributed by atoms with Gasteiger partial charge in [0.25, 0.3) is 0 Å².